The Morgan fingerprint density at radius 3 is 2.39 bits per heavy atom. The van der Waals surface area contributed by atoms with Gasteiger partial charge in [-0.1, -0.05) is 43.7 Å². The number of benzene rings is 1. The zero-order chi connectivity index (χ0) is 27.8. The van der Waals surface area contributed by atoms with Gasteiger partial charge in [-0.3, -0.25) is 14.6 Å². The van der Waals surface area contributed by atoms with Crippen molar-refractivity contribution in [1.82, 2.24) is 14.7 Å². The second kappa shape index (κ2) is 10.1. The number of nitrogens with one attached hydrogen (secondary N) is 1. The number of rotatable bonds is 6. The summed E-state index contributed by atoms with van der Waals surface area (Å²) in [7, 11) is -4.28. The van der Waals surface area contributed by atoms with Crippen molar-refractivity contribution in [2.24, 2.45) is 5.41 Å². The topological polar surface area (TPSA) is 132 Å². The van der Waals surface area contributed by atoms with Gasteiger partial charge in [0, 0.05) is 18.4 Å². The van der Waals surface area contributed by atoms with Crippen LogP contribution in [0.2, 0.25) is 0 Å². The molecule has 0 unspecified atom stereocenters. The summed E-state index contributed by atoms with van der Waals surface area (Å²) in [5, 5.41) is -0.359. The van der Waals surface area contributed by atoms with Gasteiger partial charge in [-0.05, 0) is 73.6 Å². The van der Waals surface area contributed by atoms with Gasteiger partial charge in [0.1, 0.15) is 5.82 Å². The molecule has 0 saturated heterocycles. The van der Waals surface area contributed by atoms with Crippen LogP contribution in [-0.2, 0) is 21.2 Å². The predicted octanol–water partition coefficient (Wildman–Crippen LogP) is 4.47. The summed E-state index contributed by atoms with van der Waals surface area (Å²) in [6, 6.07) is 11.4. The molecule has 1 aliphatic rings. The number of Topliss-reactive ketones (excluding diaryl/α,β-unsaturated/α-hetero) is 1. The van der Waals surface area contributed by atoms with Gasteiger partial charge in [-0.15, -0.1) is 0 Å². The van der Waals surface area contributed by atoms with E-state index in [1.54, 1.807) is 6.07 Å². The van der Waals surface area contributed by atoms with E-state index >= 15 is 0 Å². The first kappa shape index (κ1) is 27.2. The first-order chi connectivity index (χ1) is 17.8. The van der Waals surface area contributed by atoms with Crippen LogP contribution in [0.5, 0.6) is 0 Å². The molecule has 3 aromatic rings. The highest BCUT2D eigenvalue weighted by Gasteiger charge is 2.29. The number of hydrogen-bond donors (Lipinski definition) is 2. The minimum absolute atomic E-state index is 0.00186. The van der Waals surface area contributed by atoms with Crippen LogP contribution in [-0.4, -0.2) is 30.1 Å². The summed E-state index contributed by atoms with van der Waals surface area (Å²) >= 11 is 0. The van der Waals surface area contributed by atoms with Gasteiger partial charge in [0.05, 0.1) is 17.0 Å². The number of aryl methyl sites for hydroxylation is 3. The lowest BCUT2D eigenvalue weighted by Crippen LogP contribution is -2.32. The van der Waals surface area contributed by atoms with E-state index < -0.39 is 15.9 Å². The molecule has 1 amide bonds. The standard InChI is InChI=1S/C29H32N4O4S/c1-17-13-18(2)21(19(3)14-17)15-24-20(28(35)33-38(36,37)27-8-6-7-26(30)32-27)9-10-23(31-24)22-16-29(4,5)12-11-25(22)34/h6-10,13-14,16H,11-12,15H2,1-5H3,(H2,30,32)(H,33,35). The van der Waals surface area contributed by atoms with Crippen molar-refractivity contribution >= 4 is 33.1 Å². The molecule has 0 fully saturated rings. The molecule has 2 heterocycles. The van der Waals surface area contributed by atoms with Crippen molar-refractivity contribution in [2.75, 3.05) is 5.73 Å². The van der Waals surface area contributed by atoms with E-state index in [-0.39, 0.29) is 34.0 Å². The highest BCUT2D eigenvalue weighted by atomic mass is 32.2. The predicted molar refractivity (Wildman–Crippen MR) is 147 cm³/mol. The van der Waals surface area contributed by atoms with Crippen LogP contribution in [0.15, 0.2) is 53.6 Å². The molecule has 38 heavy (non-hydrogen) atoms. The number of nitrogens with zero attached hydrogens (tertiary/aromatic N) is 2. The van der Waals surface area contributed by atoms with Crippen LogP contribution >= 0.6 is 0 Å². The molecule has 0 aliphatic heterocycles. The van der Waals surface area contributed by atoms with E-state index in [1.165, 1.54) is 24.3 Å². The lowest BCUT2D eigenvalue weighted by Gasteiger charge is -2.26. The summed E-state index contributed by atoms with van der Waals surface area (Å²) in [4.78, 5) is 34.7. The number of anilines is 1. The molecule has 0 saturated carbocycles. The van der Waals surface area contributed by atoms with Crippen molar-refractivity contribution in [3.63, 3.8) is 0 Å². The molecular weight excluding hydrogens is 500 g/mol. The smallest absolute Gasteiger partial charge is 0.281 e. The number of carbonyl (C=O) groups is 2. The molecule has 2 aromatic heterocycles. The molecule has 0 atom stereocenters. The Morgan fingerprint density at radius 1 is 1.05 bits per heavy atom. The molecule has 0 spiro atoms. The second-order valence-electron chi connectivity index (χ2n) is 10.5. The van der Waals surface area contributed by atoms with E-state index in [4.69, 9.17) is 10.7 Å². The Balaban J connectivity index is 1.80. The Hall–Kier alpha value is -3.85. The summed E-state index contributed by atoms with van der Waals surface area (Å²) in [6.45, 7) is 10.1. The molecule has 0 bridgehead atoms. The van der Waals surface area contributed by atoms with Gasteiger partial charge in [0.15, 0.2) is 10.8 Å². The Bertz CT molecular complexity index is 1570. The molecule has 9 heteroatoms. The number of sulfonamides is 1. The van der Waals surface area contributed by atoms with Crippen LogP contribution in [0, 0.1) is 26.2 Å². The molecule has 1 aromatic carbocycles. The monoisotopic (exact) mass is 532 g/mol. The van der Waals surface area contributed by atoms with Gasteiger partial charge >= 0.3 is 0 Å². The van der Waals surface area contributed by atoms with Gasteiger partial charge in [0.25, 0.3) is 15.9 Å². The normalized spacial score (nSPS) is 15.2. The van der Waals surface area contributed by atoms with Crippen molar-refractivity contribution in [2.45, 2.75) is 58.9 Å². The Labute approximate surface area is 223 Å². The average Bonchev–Trinajstić information content (AvgIpc) is 2.82. The zero-order valence-corrected chi connectivity index (χ0v) is 23.1. The first-order valence-electron chi connectivity index (χ1n) is 12.4. The van der Waals surface area contributed by atoms with E-state index in [2.05, 4.69) is 35.7 Å². The van der Waals surface area contributed by atoms with Crippen molar-refractivity contribution in [3.05, 3.63) is 87.7 Å². The lowest BCUT2D eigenvalue weighted by molar-refractivity contribution is -0.114. The number of carbonyl (C=O) groups excluding carboxylic acids is 2. The third-order valence-electron chi connectivity index (χ3n) is 6.76. The highest BCUT2D eigenvalue weighted by Crippen LogP contribution is 2.35. The van der Waals surface area contributed by atoms with Crippen molar-refractivity contribution < 1.29 is 18.0 Å². The Kier molecular flexibility index (Phi) is 7.25. The average molecular weight is 533 g/mol. The van der Waals surface area contributed by atoms with E-state index in [0.717, 1.165) is 28.7 Å². The lowest BCUT2D eigenvalue weighted by atomic mass is 9.78. The largest absolute Gasteiger partial charge is 0.384 e. The summed E-state index contributed by atoms with van der Waals surface area (Å²) in [6.07, 6.45) is 3.39. The van der Waals surface area contributed by atoms with Crippen LogP contribution in [0.25, 0.3) is 5.57 Å². The molecule has 198 valence electrons. The van der Waals surface area contributed by atoms with Gasteiger partial charge in [-0.25, -0.2) is 9.71 Å². The fourth-order valence-electron chi connectivity index (χ4n) is 4.79. The van der Waals surface area contributed by atoms with Gasteiger partial charge in [0.2, 0.25) is 0 Å². The molecule has 4 rings (SSSR count). The van der Waals surface area contributed by atoms with Crippen LogP contribution in [0.3, 0.4) is 0 Å². The highest BCUT2D eigenvalue weighted by molar-refractivity contribution is 7.90. The summed E-state index contributed by atoms with van der Waals surface area (Å²) in [5.74, 6) is -0.821. The fourth-order valence-corrected chi connectivity index (χ4v) is 5.73. The SMILES string of the molecule is Cc1cc(C)c(Cc2nc(C3=CC(C)(C)CCC3=O)ccc2C(=O)NS(=O)(=O)c2cccc(N)n2)c(C)c1. The van der Waals surface area contributed by atoms with E-state index in [0.29, 0.717) is 23.4 Å². The third-order valence-corrected chi connectivity index (χ3v) is 7.99. The number of ketones is 1. The summed E-state index contributed by atoms with van der Waals surface area (Å²) in [5.41, 5.74) is 11.1. The summed E-state index contributed by atoms with van der Waals surface area (Å²) < 4.78 is 27.9. The number of pyridine rings is 2. The maximum Gasteiger partial charge on any atom is 0.281 e. The molecule has 0 radical (unpaired) electrons. The maximum atomic E-state index is 13.3. The quantitative estimate of drug-likeness (QED) is 0.479. The zero-order valence-electron chi connectivity index (χ0n) is 22.3. The first-order valence-corrected chi connectivity index (χ1v) is 13.9. The van der Waals surface area contributed by atoms with Gasteiger partial charge in [-0.2, -0.15) is 8.42 Å². The third kappa shape index (κ3) is 5.83. The minimum atomic E-state index is -4.28. The number of aromatic nitrogens is 2. The second-order valence-corrected chi connectivity index (χ2v) is 12.2. The number of allylic oxidation sites excluding steroid dienone is 2. The van der Waals surface area contributed by atoms with E-state index in [9.17, 15) is 18.0 Å². The fraction of sp³-hybridized carbons (Fsp3) is 0.310. The van der Waals surface area contributed by atoms with Crippen LogP contribution in [0.4, 0.5) is 5.82 Å². The van der Waals surface area contributed by atoms with Gasteiger partial charge < -0.3 is 5.73 Å². The van der Waals surface area contributed by atoms with Crippen LogP contribution in [0.1, 0.15) is 70.7 Å². The maximum absolute atomic E-state index is 13.3. The number of amides is 1. The molecule has 3 N–H and O–H groups in total. The van der Waals surface area contributed by atoms with Crippen molar-refractivity contribution in [3.8, 4) is 0 Å². The number of hydrogen-bond acceptors (Lipinski definition) is 7. The number of nitrogen functional groups attached to an aromatic ring is 1. The molecule has 1 aliphatic carbocycles. The Morgan fingerprint density at radius 2 is 1.74 bits per heavy atom. The van der Waals surface area contributed by atoms with Crippen molar-refractivity contribution in [1.29, 1.82) is 0 Å². The molecular formula is C29H32N4O4S. The van der Waals surface area contributed by atoms with E-state index in [1.807, 2.05) is 26.8 Å². The minimum Gasteiger partial charge on any atom is -0.384 e. The molecule has 8 nitrogen and oxygen atoms in total. The number of nitrogens with two attached hydrogens (primary N) is 1. The van der Waals surface area contributed by atoms with Crippen LogP contribution < -0.4 is 10.5 Å².